The molecular weight excluding hydrogens is 270 g/mol. The van der Waals surface area contributed by atoms with Gasteiger partial charge >= 0.3 is 0 Å². The van der Waals surface area contributed by atoms with Gasteiger partial charge in [0, 0.05) is 31.9 Å². The number of amides is 1. The van der Waals surface area contributed by atoms with Gasteiger partial charge in [-0.1, -0.05) is 0 Å². The third-order valence-corrected chi connectivity index (χ3v) is 3.54. The van der Waals surface area contributed by atoms with Crippen LogP contribution in [0.25, 0.3) is 0 Å². The van der Waals surface area contributed by atoms with Crippen molar-refractivity contribution in [3.63, 3.8) is 0 Å². The Bertz CT molecular complexity index is 466. The highest BCUT2D eigenvalue weighted by atomic mass is 16.5. The maximum atomic E-state index is 12.1. The molecule has 1 amide bonds. The number of nitrogens with two attached hydrogens (primary N) is 1. The van der Waals surface area contributed by atoms with Gasteiger partial charge in [-0.3, -0.25) is 14.4 Å². The first-order valence-corrected chi connectivity index (χ1v) is 7.51. The summed E-state index contributed by atoms with van der Waals surface area (Å²) in [6, 6.07) is 0.190. The fourth-order valence-corrected chi connectivity index (χ4v) is 2.26. The summed E-state index contributed by atoms with van der Waals surface area (Å²) in [4.78, 5) is 14.4. The molecule has 1 aliphatic rings. The summed E-state index contributed by atoms with van der Waals surface area (Å²) < 4.78 is 7.01. The molecule has 0 aliphatic carbocycles. The lowest BCUT2D eigenvalue weighted by Crippen LogP contribution is -2.38. The largest absolute Gasteiger partial charge is 0.396 e. The highest BCUT2D eigenvalue weighted by Crippen LogP contribution is 2.12. The zero-order valence-electron chi connectivity index (χ0n) is 12.8. The summed E-state index contributed by atoms with van der Waals surface area (Å²) >= 11 is 0. The SMILES string of the molecule is CC(C)n1cc(N)c(C(=O)NCCCN2CCOCC2)n1. The summed E-state index contributed by atoms with van der Waals surface area (Å²) in [5, 5.41) is 7.11. The van der Waals surface area contributed by atoms with Crippen LogP contribution in [0.3, 0.4) is 0 Å². The highest BCUT2D eigenvalue weighted by molar-refractivity contribution is 5.96. The van der Waals surface area contributed by atoms with Gasteiger partial charge in [0.1, 0.15) is 0 Å². The summed E-state index contributed by atoms with van der Waals surface area (Å²) in [5.74, 6) is -0.200. The first-order chi connectivity index (χ1) is 10.1. The van der Waals surface area contributed by atoms with Gasteiger partial charge < -0.3 is 15.8 Å². The van der Waals surface area contributed by atoms with Crippen LogP contribution in [0.2, 0.25) is 0 Å². The van der Waals surface area contributed by atoms with Crippen LogP contribution in [0.5, 0.6) is 0 Å². The Kier molecular flexibility index (Phi) is 5.58. The van der Waals surface area contributed by atoms with Gasteiger partial charge in [0.05, 0.1) is 18.9 Å². The number of rotatable bonds is 6. The zero-order valence-corrected chi connectivity index (χ0v) is 12.8. The van der Waals surface area contributed by atoms with Gasteiger partial charge in [-0.2, -0.15) is 5.10 Å². The van der Waals surface area contributed by atoms with Crippen LogP contribution >= 0.6 is 0 Å². The minimum absolute atomic E-state index is 0.190. The molecule has 3 N–H and O–H groups in total. The molecule has 1 aliphatic heterocycles. The second kappa shape index (κ2) is 7.42. The van der Waals surface area contributed by atoms with E-state index in [9.17, 15) is 4.79 Å². The smallest absolute Gasteiger partial charge is 0.273 e. The molecule has 7 nitrogen and oxygen atoms in total. The van der Waals surface area contributed by atoms with Crippen molar-refractivity contribution in [2.75, 3.05) is 45.1 Å². The van der Waals surface area contributed by atoms with E-state index in [1.807, 2.05) is 13.8 Å². The summed E-state index contributed by atoms with van der Waals surface area (Å²) in [5.41, 5.74) is 6.58. The van der Waals surface area contributed by atoms with E-state index in [0.29, 0.717) is 17.9 Å². The van der Waals surface area contributed by atoms with Crippen LogP contribution in [0.4, 0.5) is 5.69 Å². The number of hydrogen-bond acceptors (Lipinski definition) is 5. The van der Waals surface area contributed by atoms with Crippen LogP contribution < -0.4 is 11.1 Å². The molecule has 0 unspecified atom stereocenters. The Hall–Kier alpha value is -1.60. The van der Waals surface area contributed by atoms with Gasteiger partial charge in [-0.15, -0.1) is 0 Å². The van der Waals surface area contributed by atoms with Crippen molar-refractivity contribution in [1.29, 1.82) is 0 Å². The minimum atomic E-state index is -0.200. The predicted molar refractivity (Wildman–Crippen MR) is 81.2 cm³/mol. The van der Waals surface area contributed by atoms with Gasteiger partial charge in [-0.25, -0.2) is 0 Å². The molecule has 21 heavy (non-hydrogen) atoms. The normalized spacial score (nSPS) is 16.3. The van der Waals surface area contributed by atoms with E-state index in [4.69, 9.17) is 10.5 Å². The van der Waals surface area contributed by atoms with E-state index < -0.39 is 0 Å². The molecule has 1 fully saturated rings. The third kappa shape index (κ3) is 4.44. The molecule has 0 aromatic carbocycles. The van der Waals surface area contributed by atoms with E-state index in [1.165, 1.54) is 0 Å². The van der Waals surface area contributed by atoms with Gasteiger partial charge in [0.15, 0.2) is 5.69 Å². The molecule has 0 spiro atoms. The Labute approximate surface area is 125 Å². The number of anilines is 1. The lowest BCUT2D eigenvalue weighted by Gasteiger charge is -2.26. The Balaban J connectivity index is 1.74. The topological polar surface area (TPSA) is 85.4 Å². The Morgan fingerprint density at radius 1 is 1.48 bits per heavy atom. The highest BCUT2D eigenvalue weighted by Gasteiger charge is 2.16. The average Bonchev–Trinajstić information content (AvgIpc) is 2.87. The van der Waals surface area contributed by atoms with E-state index >= 15 is 0 Å². The number of nitrogen functional groups attached to an aromatic ring is 1. The van der Waals surface area contributed by atoms with Crippen molar-refractivity contribution < 1.29 is 9.53 Å². The van der Waals surface area contributed by atoms with Crippen LogP contribution in [0, 0.1) is 0 Å². The van der Waals surface area contributed by atoms with E-state index in [0.717, 1.165) is 39.3 Å². The molecule has 1 aromatic rings. The lowest BCUT2D eigenvalue weighted by molar-refractivity contribution is 0.0374. The number of carbonyl (C=O) groups is 1. The number of aromatic nitrogens is 2. The summed E-state index contributed by atoms with van der Waals surface area (Å²) in [7, 11) is 0. The van der Waals surface area contributed by atoms with Crippen LogP contribution in [-0.4, -0.2) is 60.0 Å². The average molecular weight is 295 g/mol. The van der Waals surface area contributed by atoms with E-state index in [2.05, 4.69) is 15.3 Å². The zero-order chi connectivity index (χ0) is 15.2. The minimum Gasteiger partial charge on any atom is -0.396 e. The fourth-order valence-electron chi connectivity index (χ4n) is 2.26. The van der Waals surface area contributed by atoms with Gasteiger partial charge in [-0.05, 0) is 26.8 Å². The van der Waals surface area contributed by atoms with E-state index in [1.54, 1.807) is 10.9 Å². The number of morpholine rings is 1. The van der Waals surface area contributed by atoms with Crippen molar-refractivity contribution in [3.05, 3.63) is 11.9 Å². The molecule has 0 atom stereocenters. The molecule has 0 bridgehead atoms. The van der Waals surface area contributed by atoms with Crippen molar-refractivity contribution in [2.24, 2.45) is 0 Å². The number of carbonyl (C=O) groups excluding carboxylic acids is 1. The van der Waals surface area contributed by atoms with E-state index in [-0.39, 0.29) is 11.9 Å². The van der Waals surface area contributed by atoms with Crippen molar-refractivity contribution in [1.82, 2.24) is 20.0 Å². The second-order valence-electron chi connectivity index (χ2n) is 5.57. The second-order valence-corrected chi connectivity index (χ2v) is 5.57. The molecule has 1 aromatic heterocycles. The molecule has 7 heteroatoms. The number of ether oxygens (including phenoxy) is 1. The predicted octanol–water partition coefficient (Wildman–Crippen LogP) is 0.498. The molecule has 0 saturated carbocycles. The van der Waals surface area contributed by atoms with Gasteiger partial charge in [0.2, 0.25) is 0 Å². The molecular formula is C14H25N5O2. The lowest BCUT2D eigenvalue weighted by atomic mass is 10.3. The standard InChI is InChI=1S/C14H25N5O2/c1-11(2)19-10-12(15)13(17-19)14(20)16-4-3-5-18-6-8-21-9-7-18/h10-11H,3-9,15H2,1-2H3,(H,16,20). The number of hydrogen-bond donors (Lipinski definition) is 2. The maximum absolute atomic E-state index is 12.1. The molecule has 1 saturated heterocycles. The molecule has 118 valence electrons. The van der Waals surface area contributed by atoms with Crippen LogP contribution in [0.15, 0.2) is 6.20 Å². The quantitative estimate of drug-likeness (QED) is 0.746. The first-order valence-electron chi connectivity index (χ1n) is 7.51. The molecule has 2 rings (SSSR count). The van der Waals surface area contributed by atoms with Crippen LogP contribution in [-0.2, 0) is 4.74 Å². The Morgan fingerprint density at radius 2 is 2.19 bits per heavy atom. The molecule has 2 heterocycles. The number of nitrogens with zero attached hydrogens (tertiary/aromatic N) is 3. The van der Waals surface area contributed by atoms with Crippen molar-refractivity contribution in [3.8, 4) is 0 Å². The maximum Gasteiger partial charge on any atom is 0.273 e. The fraction of sp³-hybridized carbons (Fsp3) is 0.714. The molecule has 0 radical (unpaired) electrons. The summed E-state index contributed by atoms with van der Waals surface area (Å²) in [6.45, 7) is 9.14. The summed E-state index contributed by atoms with van der Waals surface area (Å²) in [6.07, 6.45) is 2.61. The number of nitrogens with one attached hydrogen (secondary N) is 1. The van der Waals surface area contributed by atoms with Crippen molar-refractivity contribution >= 4 is 11.6 Å². The van der Waals surface area contributed by atoms with Crippen LogP contribution in [0.1, 0.15) is 36.8 Å². The van der Waals surface area contributed by atoms with Crippen molar-refractivity contribution in [2.45, 2.75) is 26.3 Å². The third-order valence-electron chi connectivity index (χ3n) is 3.54. The Morgan fingerprint density at radius 3 is 2.81 bits per heavy atom. The first kappa shape index (κ1) is 15.8. The monoisotopic (exact) mass is 295 g/mol. The van der Waals surface area contributed by atoms with Gasteiger partial charge in [0.25, 0.3) is 5.91 Å².